The Balaban J connectivity index is 1.77. The van der Waals surface area contributed by atoms with Gasteiger partial charge in [-0.1, -0.05) is 29.8 Å². The fourth-order valence-corrected chi connectivity index (χ4v) is 2.35. The van der Waals surface area contributed by atoms with Gasteiger partial charge in [0.2, 0.25) is 5.91 Å². The van der Waals surface area contributed by atoms with E-state index in [0.717, 1.165) is 32.4 Å². The Morgan fingerprint density at radius 1 is 1.39 bits per heavy atom. The van der Waals surface area contributed by atoms with Crippen molar-refractivity contribution < 1.29 is 4.79 Å². The van der Waals surface area contributed by atoms with Crippen LogP contribution in [0.1, 0.15) is 24.0 Å². The van der Waals surface area contributed by atoms with Gasteiger partial charge in [0, 0.05) is 13.1 Å². The van der Waals surface area contributed by atoms with Crippen molar-refractivity contribution in [3.05, 3.63) is 35.4 Å². The molecular weight excluding hydrogens is 224 g/mol. The van der Waals surface area contributed by atoms with Crippen LogP contribution in [0.5, 0.6) is 0 Å². The maximum absolute atomic E-state index is 12.0. The standard InChI is InChI=1S/C15H22N2O/c1-12-4-3-5-13(10-12)6-9-17-14(18)15(7-8-15)11-16-2/h3-5,10,16H,6-9,11H2,1-2H3,(H,17,18). The van der Waals surface area contributed by atoms with Crippen LogP contribution in [-0.2, 0) is 11.2 Å². The summed E-state index contributed by atoms with van der Waals surface area (Å²) in [5.74, 6) is 0.213. The average Bonchev–Trinajstić information content (AvgIpc) is 3.11. The van der Waals surface area contributed by atoms with Crippen LogP contribution in [0.3, 0.4) is 0 Å². The lowest BCUT2D eigenvalue weighted by atomic mass is 10.1. The Hall–Kier alpha value is -1.35. The molecule has 0 bridgehead atoms. The van der Waals surface area contributed by atoms with E-state index in [1.165, 1.54) is 11.1 Å². The van der Waals surface area contributed by atoms with E-state index in [1.807, 2.05) is 7.05 Å². The second-order valence-electron chi connectivity index (χ2n) is 5.31. The molecule has 3 heteroatoms. The van der Waals surface area contributed by atoms with Crippen molar-refractivity contribution in [2.24, 2.45) is 5.41 Å². The third-order valence-electron chi connectivity index (χ3n) is 3.63. The van der Waals surface area contributed by atoms with E-state index in [4.69, 9.17) is 0 Å². The lowest BCUT2D eigenvalue weighted by Crippen LogP contribution is -2.38. The fourth-order valence-electron chi connectivity index (χ4n) is 2.35. The Morgan fingerprint density at radius 3 is 2.78 bits per heavy atom. The van der Waals surface area contributed by atoms with Gasteiger partial charge in [-0.25, -0.2) is 0 Å². The third-order valence-corrected chi connectivity index (χ3v) is 3.63. The number of benzene rings is 1. The summed E-state index contributed by atoms with van der Waals surface area (Å²) in [6.07, 6.45) is 2.94. The number of hydrogen-bond acceptors (Lipinski definition) is 2. The molecule has 0 atom stereocenters. The molecule has 1 aromatic carbocycles. The van der Waals surface area contributed by atoms with Crippen LogP contribution in [0, 0.1) is 12.3 Å². The van der Waals surface area contributed by atoms with Gasteiger partial charge in [0.05, 0.1) is 5.41 Å². The van der Waals surface area contributed by atoms with E-state index in [9.17, 15) is 4.79 Å². The molecule has 0 heterocycles. The Kier molecular flexibility index (Phi) is 4.02. The lowest BCUT2D eigenvalue weighted by molar-refractivity contribution is -0.126. The molecule has 18 heavy (non-hydrogen) atoms. The molecule has 0 saturated heterocycles. The first-order valence-corrected chi connectivity index (χ1v) is 6.65. The van der Waals surface area contributed by atoms with Gasteiger partial charge < -0.3 is 10.6 Å². The quantitative estimate of drug-likeness (QED) is 0.801. The molecule has 2 N–H and O–H groups in total. The summed E-state index contributed by atoms with van der Waals surface area (Å²) in [4.78, 5) is 12.0. The second kappa shape index (κ2) is 5.53. The van der Waals surface area contributed by atoms with E-state index in [0.29, 0.717) is 0 Å². The van der Waals surface area contributed by atoms with Crippen molar-refractivity contribution in [3.63, 3.8) is 0 Å². The normalized spacial score (nSPS) is 16.3. The van der Waals surface area contributed by atoms with Gasteiger partial charge in [0.15, 0.2) is 0 Å². The fraction of sp³-hybridized carbons (Fsp3) is 0.533. The molecule has 0 radical (unpaired) electrons. The Labute approximate surface area is 109 Å². The molecule has 1 aromatic rings. The van der Waals surface area contributed by atoms with Crippen LogP contribution in [0.15, 0.2) is 24.3 Å². The number of aryl methyl sites for hydroxylation is 1. The average molecular weight is 246 g/mol. The van der Waals surface area contributed by atoms with Crippen LogP contribution in [-0.4, -0.2) is 26.0 Å². The molecule has 1 aliphatic carbocycles. The molecule has 1 amide bonds. The van der Waals surface area contributed by atoms with Crippen molar-refractivity contribution >= 4 is 5.91 Å². The second-order valence-corrected chi connectivity index (χ2v) is 5.31. The first-order chi connectivity index (χ1) is 8.66. The molecular formula is C15H22N2O. The van der Waals surface area contributed by atoms with Gasteiger partial charge in [-0.2, -0.15) is 0 Å². The van der Waals surface area contributed by atoms with Crippen molar-refractivity contribution in [2.75, 3.05) is 20.1 Å². The molecule has 2 rings (SSSR count). The zero-order chi connectivity index (χ0) is 13.0. The van der Waals surface area contributed by atoms with Crippen LogP contribution in [0.2, 0.25) is 0 Å². The molecule has 1 aliphatic rings. The van der Waals surface area contributed by atoms with Crippen molar-refractivity contribution in [3.8, 4) is 0 Å². The molecule has 1 fully saturated rings. The van der Waals surface area contributed by atoms with Gasteiger partial charge in [0.1, 0.15) is 0 Å². The molecule has 1 saturated carbocycles. The largest absolute Gasteiger partial charge is 0.355 e. The van der Waals surface area contributed by atoms with E-state index in [-0.39, 0.29) is 11.3 Å². The van der Waals surface area contributed by atoms with Gasteiger partial charge in [-0.3, -0.25) is 4.79 Å². The summed E-state index contributed by atoms with van der Waals surface area (Å²) in [5.41, 5.74) is 2.45. The first-order valence-electron chi connectivity index (χ1n) is 6.65. The summed E-state index contributed by atoms with van der Waals surface area (Å²) >= 11 is 0. The summed E-state index contributed by atoms with van der Waals surface area (Å²) in [6, 6.07) is 8.44. The maximum Gasteiger partial charge on any atom is 0.227 e. The highest BCUT2D eigenvalue weighted by atomic mass is 16.2. The molecule has 0 spiro atoms. The maximum atomic E-state index is 12.0. The predicted octanol–water partition coefficient (Wildman–Crippen LogP) is 1.65. The number of rotatable bonds is 6. The number of carbonyl (C=O) groups is 1. The topological polar surface area (TPSA) is 41.1 Å². The van der Waals surface area contributed by atoms with E-state index in [2.05, 4.69) is 41.8 Å². The SMILES string of the molecule is CNCC1(C(=O)NCCc2cccc(C)c2)CC1. The Bertz CT molecular complexity index is 424. The number of amides is 1. The minimum absolute atomic E-state index is 0.110. The summed E-state index contributed by atoms with van der Waals surface area (Å²) in [5, 5.41) is 6.17. The molecule has 0 aromatic heterocycles. The zero-order valence-corrected chi connectivity index (χ0v) is 11.3. The molecule has 3 nitrogen and oxygen atoms in total. The number of hydrogen-bond donors (Lipinski definition) is 2. The minimum atomic E-state index is -0.110. The molecule has 0 aliphatic heterocycles. The van der Waals surface area contributed by atoms with Crippen LogP contribution < -0.4 is 10.6 Å². The van der Waals surface area contributed by atoms with Crippen LogP contribution in [0.25, 0.3) is 0 Å². The molecule has 0 unspecified atom stereocenters. The highest BCUT2D eigenvalue weighted by Gasteiger charge is 2.48. The third kappa shape index (κ3) is 3.10. The summed E-state index contributed by atoms with van der Waals surface area (Å²) in [6.45, 7) is 3.62. The monoisotopic (exact) mass is 246 g/mol. The van der Waals surface area contributed by atoms with E-state index >= 15 is 0 Å². The smallest absolute Gasteiger partial charge is 0.227 e. The van der Waals surface area contributed by atoms with Gasteiger partial charge in [0.25, 0.3) is 0 Å². The number of nitrogens with one attached hydrogen (secondary N) is 2. The zero-order valence-electron chi connectivity index (χ0n) is 11.3. The molecule has 98 valence electrons. The highest BCUT2D eigenvalue weighted by molar-refractivity contribution is 5.85. The predicted molar refractivity (Wildman–Crippen MR) is 73.5 cm³/mol. The lowest BCUT2D eigenvalue weighted by Gasteiger charge is -2.14. The van der Waals surface area contributed by atoms with Gasteiger partial charge in [-0.05, 0) is 38.8 Å². The van der Waals surface area contributed by atoms with Crippen molar-refractivity contribution in [1.29, 1.82) is 0 Å². The van der Waals surface area contributed by atoms with Crippen LogP contribution in [0.4, 0.5) is 0 Å². The van der Waals surface area contributed by atoms with E-state index in [1.54, 1.807) is 0 Å². The Morgan fingerprint density at radius 2 is 2.17 bits per heavy atom. The highest BCUT2D eigenvalue weighted by Crippen LogP contribution is 2.45. The van der Waals surface area contributed by atoms with Crippen molar-refractivity contribution in [1.82, 2.24) is 10.6 Å². The van der Waals surface area contributed by atoms with Gasteiger partial charge in [-0.15, -0.1) is 0 Å². The van der Waals surface area contributed by atoms with E-state index < -0.39 is 0 Å². The van der Waals surface area contributed by atoms with Crippen molar-refractivity contribution in [2.45, 2.75) is 26.2 Å². The number of carbonyl (C=O) groups excluding carboxylic acids is 1. The first kappa shape index (κ1) is 13.1. The van der Waals surface area contributed by atoms with Crippen LogP contribution >= 0.6 is 0 Å². The minimum Gasteiger partial charge on any atom is -0.355 e. The summed E-state index contributed by atoms with van der Waals surface area (Å²) in [7, 11) is 1.90. The van der Waals surface area contributed by atoms with Gasteiger partial charge >= 0.3 is 0 Å². The summed E-state index contributed by atoms with van der Waals surface area (Å²) < 4.78 is 0.